The third kappa shape index (κ3) is 3.11. The van der Waals surface area contributed by atoms with Crippen LogP contribution in [0.2, 0.25) is 0 Å². The van der Waals surface area contributed by atoms with Gasteiger partial charge < -0.3 is 15.9 Å². The van der Waals surface area contributed by atoms with E-state index in [2.05, 4.69) is 4.57 Å². The predicted molar refractivity (Wildman–Crippen MR) is 101 cm³/mol. The van der Waals surface area contributed by atoms with Crippen molar-refractivity contribution in [2.24, 2.45) is 11.7 Å². The molecule has 4 atom stereocenters. The Hall–Kier alpha value is -1.98. The Morgan fingerprint density at radius 3 is 2.89 bits per heavy atom. The lowest BCUT2D eigenvalue weighted by Gasteiger charge is -2.43. The summed E-state index contributed by atoms with van der Waals surface area (Å²) in [5.41, 5.74) is 6.29. The van der Waals surface area contributed by atoms with Gasteiger partial charge in [0.2, 0.25) is 18.1 Å². The summed E-state index contributed by atoms with van der Waals surface area (Å²) in [5.74, 6) is -2.38. The molecule has 1 fully saturated rings. The molecule has 1 aromatic heterocycles. The third-order valence-electron chi connectivity index (χ3n) is 5.21. The van der Waals surface area contributed by atoms with E-state index in [0.29, 0.717) is 10.8 Å². The number of aromatic nitrogens is 2. The van der Waals surface area contributed by atoms with E-state index in [1.165, 1.54) is 28.4 Å². The number of carbonyl (C=O) groups is 3. The SMILES string of the molecule is CC(O)[C@H]1C(=O)N2C(C(=O)O)=C(SC3CCn4c[n+](CCC(N)=O)cc43)S[C@H]12. The maximum absolute atomic E-state index is 12.3. The molecule has 0 saturated carbocycles. The van der Waals surface area contributed by atoms with Crippen molar-refractivity contribution in [3.8, 4) is 0 Å². The summed E-state index contributed by atoms with van der Waals surface area (Å²) < 4.78 is 4.62. The molecule has 4 N–H and O–H groups in total. The molecule has 0 radical (unpaired) electrons. The van der Waals surface area contributed by atoms with Gasteiger partial charge in [-0.3, -0.25) is 14.5 Å². The summed E-state index contributed by atoms with van der Waals surface area (Å²) >= 11 is 2.80. The topological polar surface area (TPSA) is 130 Å². The van der Waals surface area contributed by atoms with Crippen LogP contribution in [0.4, 0.5) is 0 Å². The maximum Gasteiger partial charge on any atom is 0.354 e. The zero-order chi connectivity index (χ0) is 20.2. The lowest BCUT2D eigenvalue weighted by molar-refractivity contribution is -0.695. The second-order valence-electron chi connectivity index (χ2n) is 7.14. The minimum absolute atomic E-state index is 0.0218. The van der Waals surface area contributed by atoms with Crippen molar-refractivity contribution in [1.29, 1.82) is 0 Å². The van der Waals surface area contributed by atoms with Crippen LogP contribution in [0.3, 0.4) is 0 Å². The Morgan fingerprint density at radius 1 is 1.50 bits per heavy atom. The normalized spacial score (nSPS) is 26.9. The Labute approximate surface area is 169 Å². The molecule has 1 aromatic rings. The molecule has 28 heavy (non-hydrogen) atoms. The maximum atomic E-state index is 12.3. The van der Waals surface area contributed by atoms with Gasteiger partial charge in [0.1, 0.15) is 11.6 Å². The van der Waals surface area contributed by atoms with Gasteiger partial charge in [-0.05, 0) is 6.92 Å². The summed E-state index contributed by atoms with van der Waals surface area (Å²) in [5, 5.41) is 19.2. The number of carboxylic acids is 1. The number of aliphatic hydroxyl groups is 1. The number of carboxylic acid groups (broad SMARTS) is 1. The van der Waals surface area contributed by atoms with Crippen LogP contribution in [0.15, 0.2) is 22.5 Å². The molecule has 0 aliphatic carbocycles. The first-order chi connectivity index (χ1) is 13.3. The van der Waals surface area contributed by atoms with Crippen LogP contribution in [0.1, 0.15) is 30.7 Å². The van der Waals surface area contributed by atoms with Crippen LogP contribution in [-0.4, -0.2) is 48.9 Å². The average Bonchev–Trinajstić information content (AvgIpc) is 3.25. The van der Waals surface area contributed by atoms with E-state index in [1.54, 1.807) is 6.92 Å². The molecular formula is C17H21N4O5S2+. The highest BCUT2D eigenvalue weighted by atomic mass is 32.2. The number of primary amides is 1. The molecule has 0 bridgehead atoms. The number of hydrogen-bond acceptors (Lipinski definition) is 6. The van der Waals surface area contributed by atoms with Gasteiger partial charge in [-0.15, -0.1) is 11.8 Å². The molecule has 3 aliphatic heterocycles. The average molecular weight is 426 g/mol. The van der Waals surface area contributed by atoms with Gasteiger partial charge in [0.25, 0.3) is 0 Å². The highest BCUT2D eigenvalue weighted by molar-refractivity contribution is 8.22. The van der Waals surface area contributed by atoms with Crippen LogP contribution in [0.25, 0.3) is 0 Å². The minimum atomic E-state index is -1.13. The second kappa shape index (κ2) is 7.12. The number of aliphatic hydroxyl groups excluding tert-OH is 1. The molecule has 2 amide bonds. The molecule has 11 heteroatoms. The van der Waals surface area contributed by atoms with Crippen LogP contribution in [0.5, 0.6) is 0 Å². The molecule has 0 spiro atoms. The Kier molecular flexibility index (Phi) is 4.92. The number of rotatable bonds is 7. The van der Waals surface area contributed by atoms with Crippen molar-refractivity contribution in [2.45, 2.75) is 49.6 Å². The summed E-state index contributed by atoms with van der Waals surface area (Å²) in [6.45, 7) is 2.87. The van der Waals surface area contributed by atoms with Crippen molar-refractivity contribution >= 4 is 41.3 Å². The van der Waals surface area contributed by atoms with Gasteiger partial charge in [0, 0.05) is 6.42 Å². The minimum Gasteiger partial charge on any atom is -0.477 e. The second-order valence-corrected chi connectivity index (χ2v) is 9.73. The molecule has 3 aliphatic rings. The lowest BCUT2D eigenvalue weighted by Crippen LogP contribution is -2.60. The van der Waals surface area contributed by atoms with Crippen LogP contribution < -0.4 is 10.3 Å². The molecule has 4 rings (SSSR count). The summed E-state index contributed by atoms with van der Waals surface area (Å²) in [6, 6.07) is 0. The van der Waals surface area contributed by atoms with E-state index in [0.717, 1.165) is 18.7 Å². The third-order valence-corrected chi connectivity index (χ3v) is 8.11. The molecule has 150 valence electrons. The Balaban J connectivity index is 1.53. The first-order valence-corrected chi connectivity index (χ1v) is 10.7. The predicted octanol–water partition coefficient (Wildman–Crippen LogP) is -0.00520. The van der Waals surface area contributed by atoms with Crippen molar-refractivity contribution in [2.75, 3.05) is 0 Å². The monoisotopic (exact) mass is 425 g/mol. The highest BCUT2D eigenvalue weighted by Gasteiger charge is 2.58. The van der Waals surface area contributed by atoms with Gasteiger partial charge in [-0.1, -0.05) is 11.8 Å². The smallest absolute Gasteiger partial charge is 0.354 e. The van der Waals surface area contributed by atoms with E-state index < -0.39 is 18.0 Å². The Morgan fingerprint density at radius 2 is 2.25 bits per heavy atom. The lowest BCUT2D eigenvalue weighted by atomic mass is 9.92. The highest BCUT2D eigenvalue weighted by Crippen LogP contribution is 2.57. The number of aliphatic carboxylic acids is 1. The van der Waals surface area contributed by atoms with Gasteiger partial charge in [-0.2, -0.15) is 0 Å². The van der Waals surface area contributed by atoms with Crippen molar-refractivity contribution in [3.63, 3.8) is 0 Å². The zero-order valence-corrected chi connectivity index (χ0v) is 16.8. The van der Waals surface area contributed by atoms with E-state index in [-0.39, 0.29) is 34.6 Å². The fraction of sp³-hybridized carbons (Fsp3) is 0.529. The number of thioether (sulfide) groups is 2. The van der Waals surface area contributed by atoms with Crippen LogP contribution >= 0.6 is 23.5 Å². The summed E-state index contributed by atoms with van der Waals surface area (Å²) in [4.78, 5) is 36.4. The van der Waals surface area contributed by atoms with E-state index in [1.807, 2.05) is 17.1 Å². The number of fused-ring (bicyclic) bond motifs is 2. The number of hydrogen-bond donors (Lipinski definition) is 3. The first-order valence-electron chi connectivity index (χ1n) is 8.97. The molecule has 2 unspecified atom stereocenters. The molecule has 1 saturated heterocycles. The van der Waals surface area contributed by atoms with E-state index in [4.69, 9.17) is 5.73 Å². The van der Waals surface area contributed by atoms with Gasteiger partial charge >= 0.3 is 5.97 Å². The van der Waals surface area contributed by atoms with Crippen molar-refractivity contribution < 1.29 is 29.2 Å². The molecule has 4 heterocycles. The summed E-state index contributed by atoms with van der Waals surface area (Å²) in [7, 11) is 0. The standard InChI is InChI=1S/C17H20N4O5S2/c1-8(22)12-14(24)21-13(16(25)26)17(28-15(12)21)27-10-2-5-20-7-19(6-9(10)20)4-3-11(18)23/h6-8,10,12,15,22H,2-5H2,1H3,(H2-,18,23,25,26)/p+1/t8?,10?,12-,15+/m0/s1. The quantitative estimate of drug-likeness (QED) is 0.414. The van der Waals surface area contributed by atoms with E-state index in [9.17, 15) is 24.6 Å². The fourth-order valence-electron chi connectivity index (χ4n) is 3.82. The van der Waals surface area contributed by atoms with Crippen LogP contribution in [0, 0.1) is 5.92 Å². The van der Waals surface area contributed by atoms with Crippen molar-refractivity contribution in [1.82, 2.24) is 9.47 Å². The number of amides is 2. The Bertz CT molecular complexity index is 896. The zero-order valence-electron chi connectivity index (χ0n) is 15.1. The van der Waals surface area contributed by atoms with Gasteiger partial charge in [0.05, 0.1) is 41.0 Å². The number of nitrogens with zero attached hydrogens (tertiary/aromatic N) is 3. The van der Waals surface area contributed by atoms with Gasteiger partial charge in [-0.25, -0.2) is 13.9 Å². The fourth-order valence-corrected chi connectivity index (χ4v) is 7.11. The first kappa shape index (κ1) is 19.3. The number of carbonyl (C=O) groups excluding carboxylic acids is 2. The summed E-state index contributed by atoms with van der Waals surface area (Å²) in [6.07, 6.45) is 4.20. The number of imidazole rings is 1. The largest absolute Gasteiger partial charge is 0.477 e. The van der Waals surface area contributed by atoms with Crippen molar-refractivity contribution in [3.05, 3.63) is 28.2 Å². The molecule has 0 aromatic carbocycles. The van der Waals surface area contributed by atoms with Gasteiger partial charge in [0.15, 0.2) is 11.4 Å². The molecule has 9 nitrogen and oxygen atoms in total. The number of aryl methyl sites for hydroxylation is 2. The van der Waals surface area contributed by atoms with Crippen LogP contribution in [-0.2, 0) is 27.5 Å². The number of nitrogens with two attached hydrogens (primary N) is 1. The van der Waals surface area contributed by atoms with E-state index >= 15 is 0 Å². The molecular weight excluding hydrogens is 404 g/mol. The number of β-lactam (4-membered cyclic amide) rings is 1.